The lowest BCUT2D eigenvalue weighted by Gasteiger charge is -2.46. The fraction of sp³-hybridized carbons (Fsp3) is 0.464. The standard InChI is InChI=1S/C28H27F6N5O2/c1-16(38-7-6-19(29)11-38)17-8-21-22(23(9-17)28(32,33)34)12-39(24(21)40)20-5-3-4-18(10-20)26(13-41-14-26)27(30,31)25-36-35-15-37(25)2/h3-5,8-10,15-16,19H,6-7,11-14H2,1-2H3/t16-,19?/m1/s1. The largest absolute Gasteiger partial charge is 0.416 e. The van der Waals surface area contributed by atoms with Gasteiger partial charge < -0.3 is 14.2 Å². The van der Waals surface area contributed by atoms with E-state index in [2.05, 4.69) is 10.2 Å². The van der Waals surface area contributed by atoms with E-state index in [0.29, 0.717) is 13.0 Å². The second kappa shape index (κ2) is 9.55. The average Bonchev–Trinajstić information content (AvgIpc) is 3.61. The van der Waals surface area contributed by atoms with Crippen LogP contribution in [-0.2, 0) is 35.8 Å². The molecule has 13 heteroatoms. The quantitative estimate of drug-likeness (QED) is 0.378. The Morgan fingerprint density at radius 1 is 1.12 bits per heavy atom. The van der Waals surface area contributed by atoms with Crippen LogP contribution in [0.3, 0.4) is 0 Å². The SMILES string of the molecule is C[C@H](c1cc2c(c(C(F)(F)F)c1)CN(c1cccc(C3(C(F)(F)c4nncn4C)COC3)c1)C2=O)N1CCC(F)C1. The van der Waals surface area contributed by atoms with E-state index in [-0.39, 0.29) is 54.2 Å². The number of alkyl halides is 6. The van der Waals surface area contributed by atoms with Crippen molar-refractivity contribution < 1.29 is 35.9 Å². The van der Waals surface area contributed by atoms with Crippen LogP contribution < -0.4 is 4.90 Å². The van der Waals surface area contributed by atoms with E-state index in [9.17, 15) is 22.4 Å². The number of anilines is 1. The number of ether oxygens (including phenoxy) is 1. The zero-order chi connectivity index (χ0) is 29.3. The van der Waals surface area contributed by atoms with Crippen LogP contribution in [0.2, 0.25) is 0 Å². The van der Waals surface area contributed by atoms with Crippen LogP contribution in [0.4, 0.5) is 32.0 Å². The average molecular weight is 580 g/mol. The summed E-state index contributed by atoms with van der Waals surface area (Å²) < 4.78 is 94.6. The first-order chi connectivity index (χ1) is 19.3. The highest BCUT2D eigenvalue weighted by Crippen LogP contribution is 2.51. The Balaban J connectivity index is 1.37. The lowest BCUT2D eigenvalue weighted by Crippen LogP contribution is -2.58. The maximum absolute atomic E-state index is 15.9. The minimum Gasteiger partial charge on any atom is -0.379 e. The van der Waals surface area contributed by atoms with Crippen LogP contribution in [0.5, 0.6) is 0 Å². The molecule has 3 aliphatic rings. The summed E-state index contributed by atoms with van der Waals surface area (Å²) >= 11 is 0. The van der Waals surface area contributed by atoms with Crippen molar-refractivity contribution in [2.45, 2.75) is 49.6 Å². The predicted molar refractivity (Wildman–Crippen MR) is 135 cm³/mol. The van der Waals surface area contributed by atoms with Gasteiger partial charge in [-0.2, -0.15) is 22.0 Å². The highest BCUT2D eigenvalue weighted by Gasteiger charge is 2.63. The van der Waals surface area contributed by atoms with Crippen LogP contribution in [0.15, 0.2) is 42.7 Å². The van der Waals surface area contributed by atoms with Gasteiger partial charge in [-0.25, -0.2) is 4.39 Å². The van der Waals surface area contributed by atoms with Crippen molar-refractivity contribution >= 4 is 11.6 Å². The first-order valence-corrected chi connectivity index (χ1v) is 13.2. The van der Waals surface area contributed by atoms with Gasteiger partial charge in [0.2, 0.25) is 5.82 Å². The highest BCUT2D eigenvalue weighted by molar-refractivity contribution is 6.10. The number of hydrogen-bond acceptors (Lipinski definition) is 5. The molecule has 1 aromatic heterocycles. The maximum Gasteiger partial charge on any atom is 0.416 e. The normalized spacial score (nSPS) is 21.7. The molecule has 0 N–H and O–H groups in total. The van der Waals surface area contributed by atoms with Crippen LogP contribution in [-0.4, -0.2) is 58.0 Å². The fourth-order valence-electron chi connectivity index (χ4n) is 6.03. The predicted octanol–water partition coefficient (Wildman–Crippen LogP) is 5.16. The number of carbonyl (C=O) groups excluding carboxylic acids is 1. The number of halogens is 6. The molecule has 1 unspecified atom stereocenters. The van der Waals surface area contributed by atoms with Gasteiger partial charge in [0, 0.05) is 37.4 Å². The third kappa shape index (κ3) is 4.32. The number of likely N-dealkylation sites (tertiary alicyclic amines) is 1. The van der Waals surface area contributed by atoms with Crippen LogP contribution in [0.25, 0.3) is 0 Å². The van der Waals surface area contributed by atoms with Gasteiger partial charge in [0.25, 0.3) is 5.91 Å². The lowest BCUT2D eigenvalue weighted by atomic mass is 9.72. The summed E-state index contributed by atoms with van der Waals surface area (Å²) in [6.07, 6.45) is -4.33. The molecule has 41 heavy (non-hydrogen) atoms. The second-order valence-electron chi connectivity index (χ2n) is 11.0. The third-order valence-corrected chi connectivity index (χ3v) is 8.56. The highest BCUT2D eigenvalue weighted by atomic mass is 19.4. The number of carbonyl (C=O) groups is 1. The van der Waals surface area contributed by atoms with Crippen molar-refractivity contribution in [1.82, 2.24) is 19.7 Å². The van der Waals surface area contributed by atoms with Gasteiger partial charge in [-0.1, -0.05) is 12.1 Å². The van der Waals surface area contributed by atoms with Crippen molar-refractivity contribution in [1.29, 1.82) is 0 Å². The van der Waals surface area contributed by atoms with Crippen LogP contribution in [0, 0.1) is 0 Å². The Labute approximate surface area is 231 Å². The number of amides is 1. The number of nitrogens with zero attached hydrogens (tertiary/aromatic N) is 5. The van der Waals surface area contributed by atoms with Gasteiger partial charge in [0.1, 0.15) is 17.9 Å². The molecule has 2 aromatic carbocycles. The van der Waals surface area contributed by atoms with Gasteiger partial charge in [0.05, 0.1) is 25.3 Å². The summed E-state index contributed by atoms with van der Waals surface area (Å²) in [5, 5.41) is 7.17. The van der Waals surface area contributed by atoms with Crippen molar-refractivity contribution in [3.8, 4) is 0 Å². The topological polar surface area (TPSA) is 63.5 Å². The maximum atomic E-state index is 15.9. The zero-order valence-electron chi connectivity index (χ0n) is 22.3. The van der Waals surface area contributed by atoms with E-state index >= 15 is 8.78 Å². The van der Waals surface area contributed by atoms with Crippen LogP contribution >= 0.6 is 0 Å². The number of aryl methyl sites for hydroxylation is 1. The molecule has 0 aliphatic carbocycles. The molecule has 2 fully saturated rings. The molecular formula is C28H27F6N5O2. The number of hydrogen-bond donors (Lipinski definition) is 0. The summed E-state index contributed by atoms with van der Waals surface area (Å²) in [6, 6.07) is 7.82. The van der Waals surface area contributed by atoms with Crippen molar-refractivity contribution in [2.75, 3.05) is 31.2 Å². The third-order valence-electron chi connectivity index (χ3n) is 8.56. The van der Waals surface area contributed by atoms with E-state index in [0.717, 1.165) is 10.6 Å². The summed E-state index contributed by atoms with van der Waals surface area (Å²) in [5.41, 5.74) is -2.40. The van der Waals surface area contributed by atoms with Gasteiger partial charge in [-0.15, -0.1) is 10.2 Å². The Hall–Kier alpha value is -3.45. The van der Waals surface area contributed by atoms with E-state index in [1.54, 1.807) is 11.8 Å². The van der Waals surface area contributed by atoms with Gasteiger partial charge >= 0.3 is 12.1 Å². The Morgan fingerprint density at radius 2 is 1.88 bits per heavy atom. The summed E-state index contributed by atoms with van der Waals surface area (Å²) in [7, 11) is 1.40. The first kappa shape index (κ1) is 27.7. The molecule has 0 saturated carbocycles. The van der Waals surface area contributed by atoms with E-state index in [1.165, 1.54) is 48.6 Å². The molecule has 0 bridgehead atoms. The van der Waals surface area contributed by atoms with E-state index in [4.69, 9.17) is 4.74 Å². The van der Waals surface area contributed by atoms with Crippen molar-refractivity contribution in [2.24, 2.45) is 7.05 Å². The minimum atomic E-state index is -4.74. The monoisotopic (exact) mass is 579 g/mol. The molecule has 1 amide bonds. The zero-order valence-corrected chi connectivity index (χ0v) is 22.3. The molecular weight excluding hydrogens is 552 g/mol. The molecule has 0 spiro atoms. The molecule has 6 rings (SSSR count). The Kier molecular flexibility index (Phi) is 6.45. The molecule has 3 aliphatic heterocycles. The summed E-state index contributed by atoms with van der Waals surface area (Å²) in [4.78, 5) is 16.5. The molecule has 3 aromatic rings. The molecule has 2 saturated heterocycles. The minimum absolute atomic E-state index is 0.103. The molecule has 0 radical (unpaired) electrons. The number of aromatic nitrogens is 3. The second-order valence-corrected chi connectivity index (χ2v) is 11.0. The van der Waals surface area contributed by atoms with E-state index < -0.39 is 47.0 Å². The number of fused-ring (bicyclic) bond motifs is 1. The number of rotatable bonds is 6. The Bertz CT molecular complexity index is 1500. The van der Waals surface area contributed by atoms with Crippen LogP contribution in [0.1, 0.15) is 57.8 Å². The Morgan fingerprint density at radius 3 is 2.46 bits per heavy atom. The smallest absolute Gasteiger partial charge is 0.379 e. The first-order valence-electron chi connectivity index (χ1n) is 13.2. The molecule has 2 atom stereocenters. The van der Waals surface area contributed by atoms with Crippen molar-refractivity contribution in [3.63, 3.8) is 0 Å². The fourth-order valence-corrected chi connectivity index (χ4v) is 6.03. The number of benzene rings is 2. The molecule has 218 valence electrons. The van der Waals surface area contributed by atoms with Crippen molar-refractivity contribution in [3.05, 3.63) is 76.4 Å². The summed E-state index contributed by atoms with van der Waals surface area (Å²) in [5.74, 6) is -4.71. The van der Waals surface area contributed by atoms with Gasteiger partial charge in [-0.3, -0.25) is 9.69 Å². The molecule has 4 heterocycles. The van der Waals surface area contributed by atoms with Gasteiger partial charge in [-0.05, 0) is 54.3 Å². The lowest BCUT2D eigenvalue weighted by molar-refractivity contribution is -0.206. The van der Waals surface area contributed by atoms with Gasteiger partial charge in [0.15, 0.2) is 0 Å². The summed E-state index contributed by atoms with van der Waals surface area (Å²) in [6.45, 7) is 1.19. The molecule has 7 nitrogen and oxygen atoms in total. The van der Waals surface area contributed by atoms with E-state index in [1.807, 2.05) is 0 Å².